The van der Waals surface area contributed by atoms with Gasteiger partial charge < -0.3 is 4.90 Å². The van der Waals surface area contributed by atoms with Crippen LogP contribution in [0.15, 0.2) is 18.2 Å². The molecule has 1 aliphatic rings. The minimum atomic E-state index is -0.849. The van der Waals surface area contributed by atoms with Gasteiger partial charge in [-0.3, -0.25) is 4.79 Å². The Labute approximate surface area is 112 Å². The van der Waals surface area contributed by atoms with Gasteiger partial charge >= 0.3 is 0 Å². The molecule has 0 saturated heterocycles. The van der Waals surface area contributed by atoms with Crippen LogP contribution in [-0.4, -0.2) is 23.9 Å². The van der Waals surface area contributed by atoms with Gasteiger partial charge in [-0.15, -0.1) is 0 Å². The molecule has 4 heteroatoms. The maximum atomic E-state index is 14.0. The Hall–Kier alpha value is -1.45. The Balaban J connectivity index is 2.42. The van der Waals surface area contributed by atoms with Gasteiger partial charge in [0.05, 0.1) is 5.41 Å². The molecule has 19 heavy (non-hydrogen) atoms. The highest BCUT2D eigenvalue weighted by Gasteiger charge is 2.48. The first kappa shape index (κ1) is 14.0. The number of carbonyl (C=O) groups is 1. The smallest absolute Gasteiger partial charge is 0.233 e. The van der Waals surface area contributed by atoms with Crippen molar-refractivity contribution in [3.8, 4) is 0 Å². The van der Waals surface area contributed by atoms with Crippen LogP contribution in [0.25, 0.3) is 0 Å². The minimum Gasteiger partial charge on any atom is -0.342 e. The quantitative estimate of drug-likeness (QED) is 0.820. The van der Waals surface area contributed by atoms with Gasteiger partial charge in [0.15, 0.2) is 0 Å². The molecule has 0 unspecified atom stereocenters. The number of nitrogens with zero attached hydrogens (tertiary/aromatic N) is 1. The van der Waals surface area contributed by atoms with Crippen molar-refractivity contribution < 1.29 is 13.6 Å². The zero-order valence-corrected chi connectivity index (χ0v) is 11.4. The number of rotatable bonds is 4. The lowest BCUT2D eigenvalue weighted by molar-refractivity contribution is -0.140. The second-order valence-electron chi connectivity index (χ2n) is 5.04. The van der Waals surface area contributed by atoms with Gasteiger partial charge in [-0.25, -0.2) is 8.78 Å². The van der Waals surface area contributed by atoms with Crippen molar-refractivity contribution >= 4 is 5.91 Å². The number of benzene rings is 1. The van der Waals surface area contributed by atoms with E-state index in [1.54, 1.807) is 4.90 Å². The van der Waals surface area contributed by atoms with Crippen molar-refractivity contribution in [2.75, 3.05) is 13.1 Å². The fraction of sp³-hybridized carbons (Fsp3) is 0.533. The first-order valence-corrected chi connectivity index (χ1v) is 6.80. The van der Waals surface area contributed by atoms with Crippen LogP contribution in [0.4, 0.5) is 8.78 Å². The molecule has 0 spiro atoms. The van der Waals surface area contributed by atoms with Gasteiger partial charge in [0.1, 0.15) is 11.6 Å². The van der Waals surface area contributed by atoms with Gasteiger partial charge in [0, 0.05) is 18.7 Å². The normalized spacial score (nSPS) is 16.8. The summed E-state index contributed by atoms with van der Waals surface area (Å²) in [7, 11) is 0. The molecule has 0 atom stereocenters. The van der Waals surface area contributed by atoms with Crippen molar-refractivity contribution in [2.45, 2.75) is 38.5 Å². The van der Waals surface area contributed by atoms with E-state index in [1.165, 1.54) is 6.07 Å². The van der Waals surface area contributed by atoms with Gasteiger partial charge in [-0.2, -0.15) is 0 Å². The maximum Gasteiger partial charge on any atom is 0.233 e. The highest BCUT2D eigenvalue weighted by atomic mass is 19.1. The SMILES string of the molecule is CCN(CC)C(=O)C1(c2cc(F)ccc2F)CCC1. The van der Waals surface area contributed by atoms with E-state index in [-0.39, 0.29) is 11.5 Å². The molecule has 0 radical (unpaired) electrons. The number of hydrogen-bond acceptors (Lipinski definition) is 1. The second-order valence-corrected chi connectivity index (χ2v) is 5.04. The predicted octanol–water partition coefficient (Wildman–Crippen LogP) is 3.25. The van der Waals surface area contributed by atoms with Crippen molar-refractivity contribution in [3.05, 3.63) is 35.4 Å². The predicted molar refractivity (Wildman–Crippen MR) is 69.8 cm³/mol. The summed E-state index contributed by atoms with van der Waals surface area (Å²) >= 11 is 0. The molecule has 1 aromatic rings. The molecule has 0 bridgehead atoms. The molecule has 0 N–H and O–H groups in total. The molecular formula is C15H19F2NO. The lowest BCUT2D eigenvalue weighted by Crippen LogP contribution is -2.51. The van der Waals surface area contributed by atoms with Crippen LogP contribution >= 0.6 is 0 Å². The van der Waals surface area contributed by atoms with Crippen LogP contribution < -0.4 is 0 Å². The van der Waals surface area contributed by atoms with Crippen LogP contribution in [-0.2, 0) is 10.2 Å². The molecule has 0 heterocycles. The van der Waals surface area contributed by atoms with E-state index in [4.69, 9.17) is 0 Å². The van der Waals surface area contributed by atoms with E-state index in [1.807, 2.05) is 13.8 Å². The molecule has 2 rings (SSSR count). The summed E-state index contributed by atoms with van der Waals surface area (Å²) in [6.45, 7) is 4.98. The minimum absolute atomic E-state index is 0.0757. The number of amides is 1. The summed E-state index contributed by atoms with van der Waals surface area (Å²) in [5, 5.41) is 0. The average Bonchev–Trinajstić information content (AvgIpc) is 2.34. The number of halogens is 2. The fourth-order valence-electron chi connectivity index (χ4n) is 2.81. The van der Waals surface area contributed by atoms with Crippen LogP contribution in [0.5, 0.6) is 0 Å². The Morgan fingerprint density at radius 1 is 1.26 bits per heavy atom. The third-order valence-electron chi connectivity index (χ3n) is 4.11. The molecule has 0 aromatic heterocycles. The molecular weight excluding hydrogens is 248 g/mol. The van der Waals surface area contributed by atoms with E-state index in [9.17, 15) is 13.6 Å². The number of hydrogen-bond donors (Lipinski definition) is 0. The average molecular weight is 267 g/mol. The van der Waals surface area contributed by atoms with Crippen LogP contribution in [0.3, 0.4) is 0 Å². The molecule has 1 aromatic carbocycles. The second kappa shape index (κ2) is 5.27. The van der Waals surface area contributed by atoms with Gasteiger partial charge in [0.2, 0.25) is 5.91 Å². The number of carbonyl (C=O) groups excluding carboxylic acids is 1. The molecule has 0 aliphatic heterocycles. The molecule has 1 saturated carbocycles. The fourth-order valence-corrected chi connectivity index (χ4v) is 2.81. The molecule has 1 amide bonds. The first-order valence-electron chi connectivity index (χ1n) is 6.80. The molecule has 104 valence electrons. The molecule has 1 fully saturated rings. The lowest BCUT2D eigenvalue weighted by atomic mass is 9.63. The largest absolute Gasteiger partial charge is 0.342 e. The molecule has 2 nitrogen and oxygen atoms in total. The molecule has 1 aliphatic carbocycles. The lowest BCUT2D eigenvalue weighted by Gasteiger charge is -2.43. The van der Waals surface area contributed by atoms with Crippen molar-refractivity contribution in [3.63, 3.8) is 0 Å². The van der Waals surface area contributed by atoms with E-state index in [2.05, 4.69) is 0 Å². The van der Waals surface area contributed by atoms with E-state index < -0.39 is 17.0 Å². The first-order chi connectivity index (χ1) is 9.05. The summed E-state index contributed by atoms with van der Waals surface area (Å²) in [5.41, 5.74) is -0.631. The summed E-state index contributed by atoms with van der Waals surface area (Å²) < 4.78 is 27.4. The Morgan fingerprint density at radius 3 is 2.37 bits per heavy atom. The summed E-state index contributed by atoms with van der Waals surface area (Å²) in [6.07, 6.45) is 2.08. The standard InChI is InChI=1S/C15H19F2NO/c1-3-18(4-2)14(19)15(8-5-9-15)12-10-11(16)6-7-13(12)17/h6-7,10H,3-5,8-9H2,1-2H3. The third kappa shape index (κ3) is 2.24. The summed E-state index contributed by atoms with van der Waals surface area (Å²) in [5.74, 6) is -1.05. The zero-order chi connectivity index (χ0) is 14.0. The monoisotopic (exact) mass is 267 g/mol. The summed E-state index contributed by atoms with van der Waals surface area (Å²) in [6, 6.07) is 3.38. The van der Waals surface area contributed by atoms with Crippen LogP contribution in [0.2, 0.25) is 0 Å². The topological polar surface area (TPSA) is 20.3 Å². The van der Waals surface area contributed by atoms with Gasteiger partial charge in [0.25, 0.3) is 0 Å². The highest BCUT2D eigenvalue weighted by molar-refractivity contribution is 5.89. The zero-order valence-electron chi connectivity index (χ0n) is 11.4. The van der Waals surface area contributed by atoms with E-state index in [0.29, 0.717) is 25.9 Å². The Bertz CT molecular complexity index is 479. The van der Waals surface area contributed by atoms with E-state index >= 15 is 0 Å². The van der Waals surface area contributed by atoms with Gasteiger partial charge in [-0.1, -0.05) is 6.42 Å². The van der Waals surface area contributed by atoms with Crippen LogP contribution in [0.1, 0.15) is 38.7 Å². The Morgan fingerprint density at radius 2 is 1.89 bits per heavy atom. The van der Waals surface area contributed by atoms with Crippen molar-refractivity contribution in [1.29, 1.82) is 0 Å². The number of likely N-dealkylation sites (N-methyl/N-ethyl adjacent to an activating group) is 1. The summed E-state index contributed by atoms with van der Waals surface area (Å²) in [4.78, 5) is 14.3. The maximum absolute atomic E-state index is 14.0. The third-order valence-corrected chi connectivity index (χ3v) is 4.11. The van der Waals surface area contributed by atoms with Crippen molar-refractivity contribution in [2.24, 2.45) is 0 Å². The van der Waals surface area contributed by atoms with Crippen LogP contribution in [0, 0.1) is 11.6 Å². The highest BCUT2D eigenvalue weighted by Crippen LogP contribution is 2.46. The van der Waals surface area contributed by atoms with E-state index in [0.717, 1.165) is 18.6 Å². The Kier molecular flexibility index (Phi) is 3.88. The van der Waals surface area contributed by atoms with Crippen molar-refractivity contribution in [1.82, 2.24) is 4.90 Å². The van der Waals surface area contributed by atoms with Gasteiger partial charge in [-0.05, 0) is 44.9 Å².